The number of hydrogen-bond donors (Lipinski definition) is 2. The van der Waals surface area contributed by atoms with Gasteiger partial charge in [-0.3, -0.25) is 4.79 Å². The van der Waals surface area contributed by atoms with Gasteiger partial charge in [0.1, 0.15) is 11.7 Å². The number of esters is 1. The molecule has 1 rings (SSSR count). The van der Waals surface area contributed by atoms with Crippen LogP contribution in [0.1, 0.15) is 66.7 Å². The molecule has 0 aliphatic carbocycles. The molecule has 136 valence electrons. The maximum Gasteiger partial charge on any atom is 0.306 e. The lowest BCUT2D eigenvalue weighted by atomic mass is 10.0. The summed E-state index contributed by atoms with van der Waals surface area (Å²) >= 11 is 0. The van der Waals surface area contributed by atoms with Crippen molar-refractivity contribution in [1.82, 2.24) is 0 Å². The monoisotopic (exact) mass is 332 g/mol. The number of unbranched alkanes of at least 4 members (excludes halogenated alkanes) is 1. The third-order valence-corrected chi connectivity index (χ3v) is 3.72. The second-order valence-corrected chi connectivity index (χ2v) is 7.36. The van der Waals surface area contributed by atoms with E-state index >= 15 is 0 Å². The average molecular weight is 332 g/mol. The van der Waals surface area contributed by atoms with Crippen molar-refractivity contribution in [2.75, 3.05) is 0 Å². The summed E-state index contributed by atoms with van der Waals surface area (Å²) in [4.78, 5) is 11.6. The van der Waals surface area contributed by atoms with E-state index in [2.05, 4.69) is 0 Å². The Kier molecular flexibility index (Phi) is 7.94. The first-order valence-corrected chi connectivity index (χ1v) is 8.47. The lowest BCUT2D eigenvalue weighted by molar-refractivity contribution is -0.273. The van der Waals surface area contributed by atoms with Gasteiger partial charge < -0.3 is 24.4 Å². The Hall–Kier alpha value is -0.690. The van der Waals surface area contributed by atoms with Gasteiger partial charge in [0.05, 0.1) is 18.3 Å². The van der Waals surface area contributed by atoms with Crippen molar-refractivity contribution in [2.24, 2.45) is 0 Å². The van der Waals surface area contributed by atoms with Crippen molar-refractivity contribution in [3.63, 3.8) is 0 Å². The first-order valence-electron chi connectivity index (χ1n) is 8.47. The fourth-order valence-electron chi connectivity index (χ4n) is 2.46. The van der Waals surface area contributed by atoms with Crippen LogP contribution in [0.2, 0.25) is 0 Å². The molecular weight excluding hydrogens is 300 g/mol. The second kappa shape index (κ2) is 8.97. The van der Waals surface area contributed by atoms with Gasteiger partial charge in [-0.2, -0.15) is 0 Å². The molecule has 5 atom stereocenters. The Morgan fingerprint density at radius 2 is 1.91 bits per heavy atom. The van der Waals surface area contributed by atoms with Crippen molar-refractivity contribution in [3.05, 3.63) is 0 Å². The van der Waals surface area contributed by atoms with Crippen LogP contribution in [0.4, 0.5) is 0 Å². The highest BCUT2D eigenvalue weighted by Gasteiger charge is 2.35. The lowest BCUT2D eigenvalue weighted by Gasteiger charge is -2.36. The van der Waals surface area contributed by atoms with Crippen LogP contribution >= 0.6 is 0 Å². The third kappa shape index (κ3) is 8.11. The molecule has 1 fully saturated rings. The molecule has 6 nitrogen and oxygen atoms in total. The van der Waals surface area contributed by atoms with E-state index < -0.39 is 24.1 Å². The van der Waals surface area contributed by atoms with E-state index in [4.69, 9.17) is 14.2 Å². The van der Waals surface area contributed by atoms with E-state index in [9.17, 15) is 15.0 Å². The van der Waals surface area contributed by atoms with Gasteiger partial charge in [0.25, 0.3) is 0 Å². The van der Waals surface area contributed by atoms with Crippen LogP contribution in [0.25, 0.3) is 0 Å². The SMILES string of the molecule is CC(CCCCC(=O)OC(C)(C)C)O[C@@H]1OC(C)[C@H](O)C[C@@H]1O. The van der Waals surface area contributed by atoms with E-state index in [0.717, 1.165) is 19.3 Å². The fraction of sp³-hybridized carbons (Fsp3) is 0.941. The third-order valence-electron chi connectivity index (χ3n) is 3.72. The molecule has 0 aromatic rings. The normalized spacial score (nSPS) is 30.0. The number of ether oxygens (including phenoxy) is 3. The van der Waals surface area contributed by atoms with Crippen LogP contribution in [0.3, 0.4) is 0 Å². The van der Waals surface area contributed by atoms with Crippen molar-refractivity contribution >= 4 is 5.97 Å². The molecule has 0 aromatic carbocycles. The molecule has 6 heteroatoms. The van der Waals surface area contributed by atoms with Crippen molar-refractivity contribution in [1.29, 1.82) is 0 Å². The zero-order valence-electron chi connectivity index (χ0n) is 14.9. The van der Waals surface area contributed by atoms with Gasteiger partial charge in [-0.15, -0.1) is 0 Å². The summed E-state index contributed by atoms with van der Waals surface area (Å²) in [5.41, 5.74) is -0.441. The highest BCUT2D eigenvalue weighted by molar-refractivity contribution is 5.69. The van der Waals surface area contributed by atoms with Crippen LogP contribution in [0.15, 0.2) is 0 Å². The number of carbonyl (C=O) groups is 1. The van der Waals surface area contributed by atoms with E-state index in [1.807, 2.05) is 27.7 Å². The Bertz CT molecular complexity index is 365. The summed E-state index contributed by atoms with van der Waals surface area (Å²) in [6, 6.07) is 0. The van der Waals surface area contributed by atoms with Gasteiger partial charge in [0.2, 0.25) is 0 Å². The van der Waals surface area contributed by atoms with Gasteiger partial charge in [0, 0.05) is 12.8 Å². The molecule has 2 N–H and O–H groups in total. The summed E-state index contributed by atoms with van der Waals surface area (Å²) < 4.78 is 16.5. The van der Waals surface area contributed by atoms with Gasteiger partial charge in [-0.1, -0.05) is 6.42 Å². The van der Waals surface area contributed by atoms with Crippen molar-refractivity contribution < 1.29 is 29.2 Å². The largest absolute Gasteiger partial charge is 0.460 e. The number of carbonyl (C=O) groups excluding carboxylic acids is 1. The van der Waals surface area contributed by atoms with Crippen LogP contribution in [-0.2, 0) is 19.0 Å². The summed E-state index contributed by atoms with van der Waals surface area (Å²) in [6.07, 6.45) is 0.402. The number of aliphatic hydroxyl groups excluding tert-OH is 2. The molecular formula is C17H32O6. The Balaban J connectivity index is 2.19. The maximum absolute atomic E-state index is 11.6. The summed E-state index contributed by atoms with van der Waals surface area (Å²) in [7, 11) is 0. The molecule has 0 saturated carbocycles. The van der Waals surface area contributed by atoms with Crippen LogP contribution in [-0.4, -0.2) is 52.5 Å². The topological polar surface area (TPSA) is 85.2 Å². The van der Waals surface area contributed by atoms with Gasteiger partial charge in [-0.05, 0) is 47.5 Å². The summed E-state index contributed by atoms with van der Waals surface area (Å²) in [5.74, 6) is -0.181. The highest BCUT2D eigenvalue weighted by Crippen LogP contribution is 2.23. The summed E-state index contributed by atoms with van der Waals surface area (Å²) in [6.45, 7) is 9.24. The van der Waals surface area contributed by atoms with E-state index in [-0.39, 0.29) is 24.6 Å². The molecule has 1 saturated heterocycles. The minimum absolute atomic E-state index is 0.0873. The smallest absolute Gasteiger partial charge is 0.306 e. The number of rotatable bonds is 7. The zero-order valence-corrected chi connectivity index (χ0v) is 14.9. The molecule has 1 aliphatic heterocycles. The second-order valence-electron chi connectivity index (χ2n) is 7.36. The zero-order chi connectivity index (χ0) is 17.6. The standard InChI is InChI=1S/C17H32O6/c1-11(8-6-7-9-15(20)23-17(3,4)5)21-16-14(19)10-13(18)12(2)22-16/h11-14,16,18-19H,6-10H2,1-5H3/t11?,12?,13-,14+,16-/m1/s1. The average Bonchev–Trinajstić information content (AvgIpc) is 2.39. The van der Waals surface area contributed by atoms with E-state index in [0.29, 0.717) is 6.42 Å². The molecule has 0 spiro atoms. The van der Waals surface area contributed by atoms with Gasteiger partial charge in [0.15, 0.2) is 6.29 Å². The highest BCUT2D eigenvalue weighted by atomic mass is 16.7. The molecule has 1 aliphatic rings. The minimum Gasteiger partial charge on any atom is -0.460 e. The number of hydrogen-bond acceptors (Lipinski definition) is 6. The lowest BCUT2D eigenvalue weighted by Crippen LogP contribution is -2.48. The molecule has 0 radical (unpaired) electrons. The van der Waals surface area contributed by atoms with Crippen LogP contribution in [0, 0.1) is 0 Å². The van der Waals surface area contributed by atoms with E-state index in [1.165, 1.54) is 0 Å². The summed E-state index contributed by atoms with van der Waals surface area (Å²) in [5, 5.41) is 19.5. The molecule has 0 aromatic heterocycles. The maximum atomic E-state index is 11.6. The van der Waals surface area contributed by atoms with Gasteiger partial charge in [-0.25, -0.2) is 0 Å². The van der Waals surface area contributed by atoms with Crippen LogP contribution in [0.5, 0.6) is 0 Å². The fourth-order valence-corrected chi connectivity index (χ4v) is 2.46. The van der Waals surface area contributed by atoms with Crippen molar-refractivity contribution in [2.45, 2.75) is 103 Å². The molecule has 0 bridgehead atoms. The van der Waals surface area contributed by atoms with Gasteiger partial charge >= 0.3 is 5.97 Å². The Labute approximate surface area is 139 Å². The van der Waals surface area contributed by atoms with Crippen molar-refractivity contribution in [3.8, 4) is 0 Å². The van der Waals surface area contributed by atoms with E-state index in [1.54, 1.807) is 6.92 Å². The Morgan fingerprint density at radius 1 is 1.26 bits per heavy atom. The quantitative estimate of drug-likeness (QED) is 0.549. The number of aliphatic hydroxyl groups is 2. The molecule has 23 heavy (non-hydrogen) atoms. The molecule has 2 unspecified atom stereocenters. The first-order chi connectivity index (χ1) is 10.6. The predicted molar refractivity (Wildman–Crippen MR) is 85.8 cm³/mol. The molecule has 0 amide bonds. The Morgan fingerprint density at radius 3 is 2.52 bits per heavy atom. The minimum atomic E-state index is -0.814. The first kappa shape index (κ1) is 20.4. The molecule has 1 heterocycles. The van der Waals surface area contributed by atoms with Crippen LogP contribution < -0.4 is 0 Å². The predicted octanol–water partition coefficient (Wildman–Crippen LogP) is 2.15.